The lowest BCUT2D eigenvalue weighted by Gasteiger charge is -2.19. The number of carbonyl (C=O) groups is 1. The van der Waals surface area contributed by atoms with Crippen molar-refractivity contribution in [2.45, 2.75) is 19.5 Å². The summed E-state index contributed by atoms with van der Waals surface area (Å²) >= 11 is 0. The largest absolute Gasteiger partial charge is 0.504 e. The van der Waals surface area contributed by atoms with Crippen LogP contribution in [0.4, 0.5) is 0 Å². The third-order valence-electron chi connectivity index (χ3n) is 2.43. The summed E-state index contributed by atoms with van der Waals surface area (Å²) in [5.41, 5.74) is 6.32. The van der Waals surface area contributed by atoms with E-state index in [1.807, 2.05) is 0 Å². The van der Waals surface area contributed by atoms with E-state index in [0.717, 1.165) is 5.56 Å². The van der Waals surface area contributed by atoms with Crippen molar-refractivity contribution >= 4 is 5.91 Å². The summed E-state index contributed by atoms with van der Waals surface area (Å²) in [5, 5.41) is 9.60. The highest BCUT2D eigenvalue weighted by molar-refractivity contribution is 5.80. The number of nitrogens with zero attached hydrogens (tertiary/aromatic N) is 1. The van der Waals surface area contributed by atoms with E-state index in [2.05, 4.69) is 0 Å². The summed E-state index contributed by atoms with van der Waals surface area (Å²) in [6.07, 6.45) is 0. The first kappa shape index (κ1) is 13.3. The summed E-state index contributed by atoms with van der Waals surface area (Å²) in [6.45, 7) is 2.04. The van der Waals surface area contributed by atoms with Crippen LogP contribution in [-0.4, -0.2) is 36.1 Å². The van der Waals surface area contributed by atoms with Crippen LogP contribution >= 0.6 is 0 Å². The van der Waals surface area contributed by atoms with Crippen LogP contribution in [0.15, 0.2) is 18.2 Å². The Morgan fingerprint density at radius 2 is 2.24 bits per heavy atom. The molecule has 0 aromatic heterocycles. The molecule has 17 heavy (non-hydrogen) atoms. The summed E-state index contributed by atoms with van der Waals surface area (Å²) < 4.78 is 4.94. The predicted octanol–water partition coefficient (Wildman–Crippen LogP) is 0.706. The summed E-state index contributed by atoms with van der Waals surface area (Å²) in [6, 6.07) is 4.51. The van der Waals surface area contributed by atoms with Gasteiger partial charge in [0.05, 0.1) is 13.2 Å². The minimum atomic E-state index is -0.521. The third-order valence-corrected chi connectivity index (χ3v) is 2.43. The molecule has 1 rings (SSSR count). The van der Waals surface area contributed by atoms with E-state index < -0.39 is 6.04 Å². The van der Waals surface area contributed by atoms with Crippen LogP contribution < -0.4 is 10.5 Å². The number of phenols is 1. The van der Waals surface area contributed by atoms with Gasteiger partial charge in [0.2, 0.25) is 5.91 Å². The van der Waals surface area contributed by atoms with Crippen molar-refractivity contribution < 1.29 is 14.6 Å². The number of likely N-dealkylation sites (N-methyl/N-ethyl adjacent to an activating group) is 1. The summed E-state index contributed by atoms with van der Waals surface area (Å²) in [5.74, 6) is 0.335. The van der Waals surface area contributed by atoms with Crippen molar-refractivity contribution in [3.8, 4) is 11.5 Å². The summed E-state index contributed by atoms with van der Waals surface area (Å²) in [4.78, 5) is 13.1. The van der Waals surface area contributed by atoms with E-state index in [-0.39, 0.29) is 11.7 Å². The van der Waals surface area contributed by atoms with E-state index in [9.17, 15) is 9.90 Å². The van der Waals surface area contributed by atoms with Gasteiger partial charge in [-0.05, 0) is 24.6 Å². The number of phenolic OH excluding ortho intramolecular Hbond substituents is 1. The second-order valence-electron chi connectivity index (χ2n) is 3.99. The minimum absolute atomic E-state index is 0.0617. The lowest BCUT2D eigenvalue weighted by molar-refractivity contribution is -0.131. The van der Waals surface area contributed by atoms with Crippen molar-refractivity contribution in [2.75, 3.05) is 14.2 Å². The SMILES string of the molecule is COc1ccc(CN(C)C(=O)[C@@H](C)N)cc1O. The molecule has 0 spiro atoms. The number of nitrogens with two attached hydrogens (primary N) is 1. The van der Waals surface area contributed by atoms with Crippen LogP contribution in [0.1, 0.15) is 12.5 Å². The quantitative estimate of drug-likeness (QED) is 0.810. The number of methoxy groups -OCH3 is 1. The molecular weight excluding hydrogens is 220 g/mol. The molecule has 5 nitrogen and oxygen atoms in total. The Morgan fingerprint density at radius 3 is 2.71 bits per heavy atom. The van der Waals surface area contributed by atoms with Crippen molar-refractivity contribution in [2.24, 2.45) is 5.73 Å². The second kappa shape index (κ2) is 5.54. The van der Waals surface area contributed by atoms with Gasteiger partial charge in [-0.2, -0.15) is 0 Å². The van der Waals surface area contributed by atoms with Crippen LogP contribution in [-0.2, 0) is 11.3 Å². The Bertz CT molecular complexity index is 405. The van der Waals surface area contributed by atoms with Gasteiger partial charge in [0, 0.05) is 13.6 Å². The molecule has 0 heterocycles. The van der Waals surface area contributed by atoms with E-state index in [1.165, 1.54) is 12.0 Å². The number of aromatic hydroxyl groups is 1. The lowest BCUT2D eigenvalue weighted by atomic mass is 10.2. The van der Waals surface area contributed by atoms with Crippen molar-refractivity contribution in [1.29, 1.82) is 0 Å². The fraction of sp³-hybridized carbons (Fsp3) is 0.417. The first-order chi connectivity index (χ1) is 7.95. The first-order valence-electron chi connectivity index (χ1n) is 5.32. The number of carbonyl (C=O) groups excluding carboxylic acids is 1. The van der Waals surface area contributed by atoms with Crippen molar-refractivity contribution in [3.63, 3.8) is 0 Å². The molecule has 0 bridgehead atoms. The molecule has 0 saturated carbocycles. The van der Waals surface area contributed by atoms with E-state index in [1.54, 1.807) is 32.2 Å². The third kappa shape index (κ3) is 3.35. The smallest absolute Gasteiger partial charge is 0.239 e. The lowest BCUT2D eigenvalue weighted by Crippen LogP contribution is -2.39. The molecule has 0 aliphatic rings. The standard InChI is InChI=1S/C12H18N2O3/c1-8(13)12(16)14(2)7-9-4-5-11(17-3)10(15)6-9/h4-6,8,15H,7,13H2,1-3H3/t8-/m1/s1. The fourth-order valence-electron chi connectivity index (χ4n) is 1.53. The number of rotatable bonds is 4. The van der Waals surface area contributed by atoms with Gasteiger partial charge >= 0.3 is 0 Å². The van der Waals surface area contributed by atoms with Crippen LogP contribution in [0.3, 0.4) is 0 Å². The molecule has 0 aliphatic heterocycles. The number of amides is 1. The molecule has 1 aromatic rings. The number of benzene rings is 1. The van der Waals surface area contributed by atoms with Gasteiger partial charge in [0.25, 0.3) is 0 Å². The Hall–Kier alpha value is -1.75. The normalized spacial score (nSPS) is 12.0. The maximum Gasteiger partial charge on any atom is 0.239 e. The molecule has 1 aromatic carbocycles. The van der Waals surface area contributed by atoms with E-state index >= 15 is 0 Å². The van der Waals surface area contributed by atoms with Crippen molar-refractivity contribution in [3.05, 3.63) is 23.8 Å². The van der Waals surface area contributed by atoms with Gasteiger partial charge < -0.3 is 20.5 Å². The highest BCUT2D eigenvalue weighted by Gasteiger charge is 2.14. The Kier molecular flexibility index (Phi) is 4.34. The van der Waals surface area contributed by atoms with Crippen LogP contribution in [0.25, 0.3) is 0 Å². The fourth-order valence-corrected chi connectivity index (χ4v) is 1.53. The Labute approximate surface area is 101 Å². The molecule has 0 fully saturated rings. The molecule has 0 aliphatic carbocycles. The molecule has 1 amide bonds. The molecule has 94 valence electrons. The molecule has 1 atom stereocenters. The van der Waals surface area contributed by atoms with Crippen molar-refractivity contribution in [1.82, 2.24) is 4.90 Å². The van der Waals surface area contributed by atoms with Gasteiger partial charge in [-0.1, -0.05) is 6.07 Å². The van der Waals surface area contributed by atoms with E-state index in [0.29, 0.717) is 12.3 Å². The average molecular weight is 238 g/mol. The van der Waals surface area contributed by atoms with Gasteiger partial charge in [0.1, 0.15) is 0 Å². The molecule has 5 heteroatoms. The van der Waals surface area contributed by atoms with Gasteiger partial charge in [-0.15, -0.1) is 0 Å². The average Bonchev–Trinajstić information content (AvgIpc) is 2.28. The highest BCUT2D eigenvalue weighted by atomic mass is 16.5. The topological polar surface area (TPSA) is 75.8 Å². The molecular formula is C12H18N2O3. The predicted molar refractivity (Wildman–Crippen MR) is 64.8 cm³/mol. The minimum Gasteiger partial charge on any atom is -0.504 e. The van der Waals surface area contributed by atoms with Crippen LogP contribution in [0.2, 0.25) is 0 Å². The molecule has 3 N–H and O–H groups in total. The zero-order chi connectivity index (χ0) is 13.0. The monoisotopic (exact) mass is 238 g/mol. The number of hydrogen-bond donors (Lipinski definition) is 2. The zero-order valence-corrected chi connectivity index (χ0v) is 10.3. The highest BCUT2D eigenvalue weighted by Crippen LogP contribution is 2.26. The van der Waals surface area contributed by atoms with Gasteiger partial charge in [-0.3, -0.25) is 4.79 Å². The number of ether oxygens (including phenoxy) is 1. The van der Waals surface area contributed by atoms with Crippen LogP contribution in [0.5, 0.6) is 11.5 Å². The molecule has 0 radical (unpaired) electrons. The van der Waals surface area contributed by atoms with Gasteiger partial charge in [0.15, 0.2) is 11.5 Å². The maximum absolute atomic E-state index is 11.6. The second-order valence-corrected chi connectivity index (χ2v) is 3.99. The number of hydrogen-bond acceptors (Lipinski definition) is 4. The Balaban J connectivity index is 2.75. The zero-order valence-electron chi connectivity index (χ0n) is 10.3. The molecule has 0 unspecified atom stereocenters. The molecule has 0 saturated heterocycles. The van der Waals surface area contributed by atoms with Gasteiger partial charge in [-0.25, -0.2) is 0 Å². The van der Waals surface area contributed by atoms with Crippen LogP contribution in [0, 0.1) is 0 Å². The summed E-state index contributed by atoms with van der Waals surface area (Å²) in [7, 11) is 3.16. The first-order valence-corrected chi connectivity index (χ1v) is 5.32. The Morgan fingerprint density at radius 1 is 1.59 bits per heavy atom. The maximum atomic E-state index is 11.6. The van der Waals surface area contributed by atoms with E-state index in [4.69, 9.17) is 10.5 Å².